The van der Waals surface area contributed by atoms with Crippen LogP contribution in [-0.4, -0.2) is 49.5 Å². The van der Waals surface area contributed by atoms with Gasteiger partial charge in [-0.1, -0.05) is 30.7 Å². The van der Waals surface area contributed by atoms with Crippen molar-refractivity contribution >= 4 is 27.3 Å². The van der Waals surface area contributed by atoms with Crippen molar-refractivity contribution in [1.82, 2.24) is 20.1 Å². The molecule has 0 spiro atoms. The number of hydrogen-bond donors (Lipinski definition) is 2. The standard InChI is InChI=1S/C24H28ClN5O3S/c1-24(9-12-33-13-10-24)17-2-5-20(6-3-17)34(31,32)29-22-7-4-18(25)14-21(22)23-28-27-16-30(23)19-8-11-26-15-19/h2-7,14,16,19,26,29H,8-13,15H2,1H3/t19-/m0/s1. The minimum atomic E-state index is -3.83. The monoisotopic (exact) mass is 501 g/mol. The molecule has 1 atom stereocenters. The molecular weight excluding hydrogens is 474 g/mol. The molecule has 3 heterocycles. The number of hydrogen-bond acceptors (Lipinski definition) is 6. The van der Waals surface area contributed by atoms with E-state index in [1.165, 1.54) is 0 Å². The Kier molecular flexibility index (Phi) is 6.37. The SMILES string of the molecule is CC1(c2ccc(S(=O)(=O)Nc3ccc(Cl)cc3-c3nncn3[C@H]3CCNC3)cc2)CCOCC1. The van der Waals surface area contributed by atoms with E-state index in [1.807, 2.05) is 16.7 Å². The maximum Gasteiger partial charge on any atom is 0.261 e. The van der Waals surface area contributed by atoms with Gasteiger partial charge in [-0.2, -0.15) is 0 Å². The average Bonchev–Trinajstić information content (AvgIpc) is 3.53. The summed E-state index contributed by atoms with van der Waals surface area (Å²) in [4.78, 5) is 0.203. The van der Waals surface area contributed by atoms with Gasteiger partial charge in [-0.3, -0.25) is 4.72 Å². The Morgan fingerprint density at radius 3 is 2.65 bits per heavy atom. The van der Waals surface area contributed by atoms with Crippen LogP contribution in [0.1, 0.15) is 37.8 Å². The van der Waals surface area contributed by atoms with E-state index < -0.39 is 10.0 Å². The second kappa shape index (κ2) is 9.30. The first-order valence-corrected chi connectivity index (χ1v) is 13.3. The maximum atomic E-state index is 13.3. The molecule has 0 amide bonds. The highest BCUT2D eigenvalue weighted by atomic mass is 35.5. The summed E-state index contributed by atoms with van der Waals surface area (Å²) in [7, 11) is -3.83. The average molecular weight is 502 g/mol. The van der Waals surface area contributed by atoms with Gasteiger partial charge >= 0.3 is 0 Å². The van der Waals surface area contributed by atoms with Crippen LogP contribution in [0.3, 0.4) is 0 Å². The third-order valence-electron chi connectivity index (χ3n) is 6.93. The van der Waals surface area contributed by atoms with Gasteiger partial charge in [0, 0.05) is 30.3 Å². The Labute approximate surface area is 204 Å². The van der Waals surface area contributed by atoms with Crippen molar-refractivity contribution in [3.05, 3.63) is 59.4 Å². The Hall–Kier alpha value is -2.46. The van der Waals surface area contributed by atoms with Gasteiger partial charge in [-0.25, -0.2) is 8.42 Å². The van der Waals surface area contributed by atoms with Crippen molar-refractivity contribution in [3.63, 3.8) is 0 Å². The molecule has 3 aromatic rings. The molecule has 0 aliphatic carbocycles. The maximum absolute atomic E-state index is 13.3. The molecule has 2 fully saturated rings. The van der Waals surface area contributed by atoms with Crippen LogP contribution in [-0.2, 0) is 20.2 Å². The van der Waals surface area contributed by atoms with Crippen molar-refractivity contribution in [3.8, 4) is 11.4 Å². The van der Waals surface area contributed by atoms with Crippen LogP contribution < -0.4 is 10.0 Å². The molecule has 0 bridgehead atoms. The first-order valence-electron chi connectivity index (χ1n) is 11.5. The number of ether oxygens (including phenoxy) is 1. The van der Waals surface area contributed by atoms with E-state index >= 15 is 0 Å². The lowest BCUT2D eigenvalue weighted by atomic mass is 9.76. The predicted octanol–water partition coefficient (Wildman–Crippen LogP) is 4.00. The zero-order valence-electron chi connectivity index (χ0n) is 19.0. The van der Waals surface area contributed by atoms with E-state index in [0.29, 0.717) is 22.1 Å². The van der Waals surface area contributed by atoms with Gasteiger partial charge in [-0.05, 0) is 67.1 Å². The summed E-state index contributed by atoms with van der Waals surface area (Å²) in [6, 6.07) is 12.4. The Morgan fingerprint density at radius 1 is 1.18 bits per heavy atom. The molecule has 2 saturated heterocycles. The minimum absolute atomic E-state index is 0.00348. The van der Waals surface area contributed by atoms with Crippen molar-refractivity contribution in [2.45, 2.75) is 42.5 Å². The largest absolute Gasteiger partial charge is 0.381 e. The van der Waals surface area contributed by atoms with E-state index in [4.69, 9.17) is 16.3 Å². The highest BCUT2D eigenvalue weighted by molar-refractivity contribution is 7.92. The second-order valence-electron chi connectivity index (χ2n) is 9.20. The molecule has 2 aromatic carbocycles. The number of halogens is 1. The number of nitrogens with one attached hydrogen (secondary N) is 2. The van der Waals surface area contributed by atoms with Crippen LogP contribution in [0.5, 0.6) is 0 Å². The zero-order valence-corrected chi connectivity index (χ0v) is 20.6. The van der Waals surface area contributed by atoms with Gasteiger partial charge in [0.15, 0.2) is 5.82 Å². The second-order valence-corrected chi connectivity index (χ2v) is 11.3. The van der Waals surface area contributed by atoms with Crippen LogP contribution in [0.2, 0.25) is 5.02 Å². The van der Waals surface area contributed by atoms with Crippen molar-refractivity contribution in [2.24, 2.45) is 0 Å². The fourth-order valence-corrected chi connectivity index (χ4v) is 5.97. The highest BCUT2D eigenvalue weighted by Crippen LogP contribution is 2.36. The third-order valence-corrected chi connectivity index (χ3v) is 8.54. The summed E-state index contributed by atoms with van der Waals surface area (Å²) >= 11 is 6.28. The van der Waals surface area contributed by atoms with Crippen LogP contribution >= 0.6 is 11.6 Å². The molecule has 0 saturated carbocycles. The lowest BCUT2D eigenvalue weighted by Crippen LogP contribution is -2.30. The molecule has 2 N–H and O–H groups in total. The number of anilines is 1. The molecule has 0 radical (unpaired) electrons. The Morgan fingerprint density at radius 2 is 1.94 bits per heavy atom. The smallest absolute Gasteiger partial charge is 0.261 e. The number of nitrogens with zero attached hydrogens (tertiary/aromatic N) is 3. The zero-order chi connectivity index (χ0) is 23.8. The molecule has 10 heteroatoms. The van der Waals surface area contributed by atoms with Crippen LogP contribution in [0.15, 0.2) is 53.7 Å². The number of benzene rings is 2. The van der Waals surface area contributed by atoms with Gasteiger partial charge in [0.2, 0.25) is 0 Å². The van der Waals surface area contributed by atoms with Gasteiger partial charge in [0.25, 0.3) is 10.0 Å². The summed E-state index contributed by atoms with van der Waals surface area (Å²) in [5.74, 6) is 0.580. The molecular formula is C24H28ClN5O3S. The normalized spacial score (nSPS) is 20.4. The summed E-state index contributed by atoms with van der Waals surface area (Å²) in [5.41, 5.74) is 2.12. The highest BCUT2D eigenvalue weighted by Gasteiger charge is 2.30. The van der Waals surface area contributed by atoms with Crippen molar-refractivity contribution in [1.29, 1.82) is 0 Å². The van der Waals surface area contributed by atoms with E-state index in [9.17, 15) is 8.42 Å². The Bertz CT molecular complexity index is 1260. The number of rotatable bonds is 6. The molecule has 0 unspecified atom stereocenters. The number of aromatic nitrogens is 3. The molecule has 2 aliphatic rings. The topological polar surface area (TPSA) is 98.1 Å². The predicted molar refractivity (Wildman–Crippen MR) is 132 cm³/mol. The molecule has 34 heavy (non-hydrogen) atoms. The minimum Gasteiger partial charge on any atom is -0.381 e. The molecule has 5 rings (SSSR count). The van der Waals surface area contributed by atoms with E-state index in [0.717, 1.165) is 51.1 Å². The van der Waals surface area contributed by atoms with Gasteiger partial charge in [0.05, 0.1) is 16.6 Å². The quantitative estimate of drug-likeness (QED) is 0.529. The summed E-state index contributed by atoms with van der Waals surface area (Å²) < 4.78 is 36.8. The molecule has 8 nitrogen and oxygen atoms in total. The fraction of sp³-hybridized carbons (Fsp3) is 0.417. The van der Waals surface area contributed by atoms with E-state index in [2.05, 4.69) is 27.2 Å². The lowest BCUT2D eigenvalue weighted by molar-refractivity contribution is 0.0564. The first-order chi connectivity index (χ1) is 16.4. The van der Waals surface area contributed by atoms with Gasteiger partial charge in [0.1, 0.15) is 6.33 Å². The van der Waals surface area contributed by atoms with Crippen molar-refractivity contribution < 1.29 is 13.2 Å². The fourth-order valence-electron chi connectivity index (χ4n) is 4.72. The Balaban J connectivity index is 1.44. The molecule has 180 valence electrons. The molecule has 1 aromatic heterocycles. The van der Waals surface area contributed by atoms with Crippen LogP contribution in [0, 0.1) is 0 Å². The van der Waals surface area contributed by atoms with Gasteiger partial charge in [-0.15, -0.1) is 10.2 Å². The number of sulfonamides is 1. The van der Waals surface area contributed by atoms with E-state index in [-0.39, 0.29) is 16.4 Å². The summed E-state index contributed by atoms with van der Waals surface area (Å²) in [6.07, 6.45) is 4.47. The molecule has 2 aliphatic heterocycles. The first kappa shape index (κ1) is 23.3. The van der Waals surface area contributed by atoms with E-state index in [1.54, 1.807) is 36.7 Å². The van der Waals surface area contributed by atoms with Crippen molar-refractivity contribution in [2.75, 3.05) is 31.0 Å². The summed E-state index contributed by atoms with van der Waals surface area (Å²) in [5, 5.41) is 12.2. The summed E-state index contributed by atoms with van der Waals surface area (Å²) in [6.45, 7) is 5.37. The van der Waals surface area contributed by atoms with Gasteiger partial charge < -0.3 is 14.6 Å². The lowest BCUT2D eigenvalue weighted by Gasteiger charge is -2.34. The van der Waals surface area contributed by atoms with Crippen LogP contribution in [0.25, 0.3) is 11.4 Å². The van der Waals surface area contributed by atoms with Crippen LogP contribution in [0.4, 0.5) is 5.69 Å². The third kappa shape index (κ3) is 4.57.